The molecule has 7 heteroatoms. The first-order valence-corrected chi connectivity index (χ1v) is 7.45. The molecule has 0 radical (unpaired) electrons. The predicted molar refractivity (Wildman–Crippen MR) is 88.9 cm³/mol. The smallest absolute Gasteiger partial charge is 0.338 e. The van der Waals surface area contributed by atoms with Crippen molar-refractivity contribution in [3.63, 3.8) is 0 Å². The summed E-state index contributed by atoms with van der Waals surface area (Å²) in [5.41, 5.74) is 1.58. The Labute approximate surface area is 143 Å². The Bertz CT molecular complexity index is 901. The average molecular weight is 335 g/mol. The molecule has 1 N–H and O–H groups in total. The first-order valence-electron chi connectivity index (χ1n) is 7.45. The van der Waals surface area contributed by atoms with Gasteiger partial charge in [0.25, 0.3) is 5.91 Å². The summed E-state index contributed by atoms with van der Waals surface area (Å²) >= 11 is 0. The Morgan fingerprint density at radius 3 is 2.80 bits per heavy atom. The lowest BCUT2D eigenvalue weighted by molar-refractivity contribution is -0.124. The van der Waals surface area contributed by atoms with Gasteiger partial charge in [0.05, 0.1) is 28.6 Å². The fourth-order valence-electron chi connectivity index (χ4n) is 2.46. The van der Waals surface area contributed by atoms with Crippen LogP contribution in [0.1, 0.15) is 15.9 Å². The Morgan fingerprint density at radius 2 is 2.00 bits per heavy atom. The highest BCUT2D eigenvalue weighted by molar-refractivity contribution is 6.10. The van der Waals surface area contributed by atoms with Crippen LogP contribution in [0.4, 0.5) is 11.4 Å². The third kappa shape index (κ3) is 3.48. The Morgan fingerprint density at radius 1 is 1.20 bits per heavy atom. The summed E-state index contributed by atoms with van der Waals surface area (Å²) in [5.74, 6) is -1.53. The number of rotatable bonds is 3. The minimum atomic E-state index is -0.708. The molecule has 3 rings (SSSR count). The van der Waals surface area contributed by atoms with Crippen LogP contribution < -0.4 is 10.2 Å². The summed E-state index contributed by atoms with van der Waals surface area (Å²) in [4.78, 5) is 37.4. The van der Waals surface area contributed by atoms with Crippen LogP contribution in [-0.2, 0) is 14.3 Å². The second-order valence-electron chi connectivity index (χ2n) is 5.31. The van der Waals surface area contributed by atoms with E-state index >= 15 is 0 Å². The van der Waals surface area contributed by atoms with E-state index in [0.717, 1.165) is 0 Å². The molecule has 1 heterocycles. The van der Waals surface area contributed by atoms with Gasteiger partial charge in [-0.05, 0) is 30.3 Å². The second kappa shape index (κ2) is 6.84. The number of hydrogen-bond acceptors (Lipinski definition) is 5. The summed E-state index contributed by atoms with van der Waals surface area (Å²) in [5, 5.41) is 11.5. The third-order valence-electron chi connectivity index (χ3n) is 3.63. The zero-order valence-electron chi connectivity index (χ0n) is 13.1. The van der Waals surface area contributed by atoms with E-state index in [4.69, 9.17) is 10.00 Å². The highest BCUT2D eigenvalue weighted by Gasteiger charge is 2.27. The standard InChI is InChI=1S/C18H13N3O4/c19-9-12-4-3-5-13(8-12)18(24)25-11-17(23)21-10-16(22)20-14-6-1-2-7-15(14)21/h1-8H,10-11H2,(H,20,22). The first kappa shape index (κ1) is 16.2. The minimum Gasteiger partial charge on any atom is -0.452 e. The van der Waals surface area contributed by atoms with Crippen molar-refractivity contribution in [2.75, 3.05) is 23.4 Å². The number of carbonyl (C=O) groups is 3. The number of amides is 2. The quantitative estimate of drug-likeness (QED) is 0.861. The molecule has 0 aliphatic carbocycles. The molecule has 0 saturated carbocycles. The van der Waals surface area contributed by atoms with E-state index in [0.29, 0.717) is 16.9 Å². The van der Waals surface area contributed by atoms with Gasteiger partial charge in [-0.25, -0.2) is 4.79 Å². The molecular weight excluding hydrogens is 322 g/mol. The average Bonchev–Trinajstić information content (AvgIpc) is 2.65. The lowest BCUT2D eigenvalue weighted by Gasteiger charge is -2.28. The molecule has 2 aromatic carbocycles. The summed E-state index contributed by atoms with van der Waals surface area (Å²) in [7, 11) is 0. The summed E-state index contributed by atoms with van der Waals surface area (Å²) < 4.78 is 5.02. The van der Waals surface area contributed by atoms with E-state index in [1.54, 1.807) is 36.4 Å². The lowest BCUT2D eigenvalue weighted by Crippen LogP contribution is -2.44. The zero-order valence-corrected chi connectivity index (χ0v) is 13.1. The number of nitrogens with one attached hydrogen (secondary N) is 1. The molecule has 0 atom stereocenters. The fourth-order valence-corrected chi connectivity index (χ4v) is 2.46. The maximum absolute atomic E-state index is 12.4. The molecule has 7 nitrogen and oxygen atoms in total. The lowest BCUT2D eigenvalue weighted by atomic mass is 10.1. The number of fused-ring (bicyclic) bond motifs is 1. The molecule has 0 aromatic heterocycles. The maximum atomic E-state index is 12.4. The number of benzene rings is 2. The number of para-hydroxylation sites is 2. The van der Waals surface area contributed by atoms with Crippen molar-refractivity contribution in [3.05, 3.63) is 59.7 Å². The molecular formula is C18H13N3O4. The van der Waals surface area contributed by atoms with Gasteiger partial charge in [0.15, 0.2) is 6.61 Å². The van der Waals surface area contributed by atoms with Crippen molar-refractivity contribution in [1.29, 1.82) is 5.26 Å². The van der Waals surface area contributed by atoms with Crippen LogP contribution in [0, 0.1) is 11.3 Å². The molecule has 0 unspecified atom stereocenters. The van der Waals surface area contributed by atoms with E-state index in [1.165, 1.54) is 17.0 Å². The SMILES string of the molecule is N#Cc1cccc(C(=O)OCC(=O)N2CC(=O)Nc3ccccc32)c1. The normalized spacial score (nSPS) is 12.6. The van der Waals surface area contributed by atoms with Crippen LogP contribution in [0.5, 0.6) is 0 Å². The molecule has 25 heavy (non-hydrogen) atoms. The highest BCUT2D eigenvalue weighted by Crippen LogP contribution is 2.28. The van der Waals surface area contributed by atoms with Crippen molar-refractivity contribution in [3.8, 4) is 6.07 Å². The fraction of sp³-hybridized carbons (Fsp3) is 0.111. The van der Waals surface area contributed by atoms with E-state index in [-0.39, 0.29) is 18.0 Å². The largest absolute Gasteiger partial charge is 0.452 e. The molecule has 0 fully saturated rings. The molecule has 2 aromatic rings. The van der Waals surface area contributed by atoms with Crippen LogP contribution in [0.15, 0.2) is 48.5 Å². The van der Waals surface area contributed by atoms with Crippen LogP contribution in [0.25, 0.3) is 0 Å². The number of esters is 1. The minimum absolute atomic E-state index is 0.142. The molecule has 0 bridgehead atoms. The van der Waals surface area contributed by atoms with E-state index in [2.05, 4.69) is 5.32 Å². The summed E-state index contributed by atoms with van der Waals surface area (Å²) in [6.45, 7) is -0.644. The van der Waals surface area contributed by atoms with Crippen molar-refractivity contribution in [1.82, 2.24) is 0 Å². The van der Waals surface area contributed by atoms with Gasteiger partial charge < -0.3 is 10.1 Å². The van der Waals surface area contributed by atoms with Crippen molar-refractivity contribution in [2.24, 2.45) is 0 Å². The van der Waals surface area contributed by atoms with Gasteiger partial charge in [0.2, 0.25) is 5.91 Å². The number of nitrogens with zero attached hydrogens (tertiary/aromatic N) is 2. The van der Waals surface area contributed by atoms with Crippen molar-refractivity contribution in [2.45, 2.75) is 0 Å². The molecule has 2 amide bonds. The molecule has 0 saturated heterocycles. The van der Waals surface area contributed by atoms with Crippen LogP contribution in [0.3, 0.4) is 0 Å². The van der Waals surface area contributed by atoms with E-state index in [9.17, 15) is 14.4 Å². The van der Waals surface area contributed by atoms with Gasteiger partial charge in [-0.1, -0.05) is 18.2 Å². The molecule has 0 spiro atoms. The molecule has 1 aliphatic heterocycles. The van der Waals surface area contributed by atoms with Gasteiger partial charge in [-0.2, -0.15) is 5.26 Å². The van der Waals surface area contributed by atoms with Crippen LogP contribution in [0.2, 0.25) is 0 Å². The number of nitriles is 1. The van der Waals surface area contributed by atoms with Crippen LogP contribution in [-0.4, -0.2) is 30.9 Å². The summed E-state index contributed by atoms with van der Waals surface area (Å²) in [6.07, 6.45) is 0. The zero-order chi connectivity index (χ0) is 17.8. The van der Waals surface area contributed by atoms with Gasteiger partial charge >= 0.3 is 5.97 Å². The van der Waals surface area contributed by atoms with Crippen molar-refractivity contribution < 1.29 is 19.1 Å². The number of carbonyl (C=O) groups excluding carboxylic acids is 3. The van der Waals surface area contributed by atoms with E-state index < -0.39 is 18.5 Å². The number of hydrogen-bond donors (Lipinski definition) is 1. The van der Waals surface area contributed by atoms with Crippen molar-refractivity contribution >= 4 is 29.2 Å². The predicted octanol–water partition coefficient (Wildman–Crippen LogP) is 1.70. The summed E-state index contributed by atoms with van der Waals surface area (Å²) in [6, 6.07) is 14.8. The Kier molecular flexibility index (Phi) is 4.44. The molecule has 124 valence electrons. The molecule has 1 aliphatic rings. The van der Waals surface area contributed by atoms with Crippen LogP contribution >= 0.6 is 0 Å². The third-order valence-corrected chi connectivity index (χ3v) is 3.63. The number of ether oxygens (including phenoxy) is 1. The second-order valence-corrected chi connectivity index (χ2v) is 5.31. The Balaban J connectivity index is 1.70. The maximum Gasteiger partial charge on any atom is 0.338 e. The van der Waals surface area contributed by atoms with Gasteiger partial charge in [0, 0.05) is 0 Å². The Hall–Kier alpha value is -3.66. The topological polar surface area (TPSA) is 99.5 Å². The number of anilines is 2. The van der Waals surface area contributed by atoms with E-state index in [1.807, 2.05) is 6.07 Å². The first-order chi connectivity index (χ1) is 12.1. The highest BCUT2D eigenvalue weighted by atomic mass is 16.5. The van der Waals surface area contributed by atoms with Gasteiger partial charge in [-0.15, -0.1) is 0 Å². The van der Waals surface area contributed by atoms with Gasteiger partial charge in [-0.3, -0.25) is 14.5 Å². The van der Waals surface area contributed by atoms with Gasteiger partial charge in [0.1, 0.15) is 6.54 Å². The monoisotopic (exact) mass is 335 g/mol.